The van der Waals surface area contributed by atoms with Crippen molar-refractivity contribution in [1.29, 1.82) is 0 Å². The second-order valence-corrected chi connectivity index (χ2v) is 8.53. The molecule has 0 amide bonds. The summed E-state index contributed by atoms with van der Waals surface area (Å²) < 4.78 is 14.8. The first-order valence-corrected chi connectivity index (χ1v) is 10.5. The third kappa shape index (κ3) is 3.66. The average molecular weight is 382 g/mol. The van der Waals surface area contributed by atoms with Crippen LogP contribution in [0.3, 0.4) is 0 Å². The summed E-state index contributed by atoms with van der Waals surface area (Å²) in [6, 6.07) is 2.02. The lowest BCUT2D eigenvalue weighted by atomic mass is 9.96. The van der Waals surface area contributed by atoms with Crippen molar-refractivity contribution >= 4 is 11.6 Å². The van der Waals surface area contributed by atoms with E-state index >= 15 is 0 Å². The minimum absolute atomic E-state index is 0.224. The van der Waals surface area contributed by atoms with E-state index in [1.807, 2.05) is 24.2 Å². The lowest BCUT2D eigenvalue weighted by Crippen LogP contribution is -2.38. The zero-order valence-electron chi connectivity index (χ0n) is 16.4. The fourth-order valence-corrected chi connectivity index (χ4v) is 4.18. The highest BCUT2D eigenvalue weighted by Gasteiger charge is 2.31. The Balaban J connectivity index is 1.19. The monoisotopic (exact) mass is 382 g/mol. The van der Waals surface area contributed by atoms with Crippen molar-refractivity contribution in [2.24, 2.45) is 5.92 Å². The Morgan fingerprint density at radius 1 is 1.04 bits per heavy atom. The topological polar surface area (TPSA) is 58.0 Å². The van der Waals surface area contributed by atoms with Gasteiger partial charge in [0, 0.05) is 44.7 Å². The average Bonchev–Trinajstić information content (AvgIpc) is 3.62. The maximum Gasteiger partial charge on any atom is 0.187 e. The van der Waals surface area contributed by atoms with Gasteiger partial charge < -0.3 is 9.80 Å². The van der Waals surface area contributed by atoms with Crippen LogP contribution in [-0.4, -0.2) is 46.6 Å². The smallest absolute Gasteiger partial charge is 0.187 e. The van der Waals surface area contributed by atoms with Crippen LogP contribution in [0.25, 0.3) is 0 Å². The largest absolute Gasteiger partial charge is 0.357 e. The first kappa shape index (κ1) is 17.8. The Bertz CT molecular complexity index is 843. The van der Waals surface area contributed by atoms with Crippen LogP contribution in [0.2, 0.25) is 0 Å². The van der Waals surface area contributed by atoms with Crippen molar-refractivity contribution < 1.29 is 4.39 Å². The number of piperidine rings is 1. The van der Waals surface area contributed by atoms with Gasteiger partial charge in [0.2, 0.25) is 0 Å². The van der Waals surface area contributed by atoms with Crippen molar-refractivity contribution in [3.05, 3.63) is 35.9 Å². The highest BCUT2D eigenvalue weighted by Crippen LogP contribution is 2.41. The molecule has 6 nitrogen and oxygen atoms in total. The predicted molar refractivity (Wildman–Crippen MR) is 106 cm³/mol. The second-order valence-electron chi connectivity index (χ2n) is 8.53. The van der Waals surface area contributed by atoms with Crippen LogP contribution in [0, 0.1) is 11.7 Å². The number of aromatic nitrogens is 4. The van der Waals surface area contributed by atoms with Crippen molar-refractivity contribution in [3.8, 4) is 0 Å². The SMILES string of the molecule is CN(CC1CCN(c2ccnc(C3CC3)n2)CC1)c1ncnc(C2CC2)c1F. The van der Waals surface area contributed by atoms with Crippen LogP contribution < -0.4 is 9.80 Å². The Kier molecular flexibility index (Phi) is 4.61. The molecule has 2 saturated carbocycles. The lowest BCUT2D eigenvalue weighted by molar-refractivity contribution is 0.404. The highest BCUT2D eigenvalue weighted by molar-refractivity contribution is 5.42. The zero-order valence-corrected chi connectivity index (χ0v) is 16.4. The van der Waals surface area contributed by atoms with E-state index < -0.39 is 0 Å². The lowest BCUT2D eigenvalue weighted by Gasteiger charge is -2.35. The highest BCUT2D eigenvalue weighted by atomic mass is 19.1. The first-order valence-electron chi connectivity index (χ1n) is 10.5. The van der Waals surface area contributed by atoms with Gasteiger partial charge in [-0.2, -0.15) is 0 Å². The molecule has 0 N–H and O–H groups in total. The van der Waals surface area contributed by atoms with Gasteiger partial charge >= 0.3 is 0 Å². The minimum Gasteiger partial charge on any atom is -0.357 e. The first-order chi connectivity index (χ1) is 13.7. The van der Waals surface area contributed by atoms with Gasteiger partial charge in [-0.15, -0.1) is 0 Å². The van der Waals surface area contributed by atoms with Gasteiger partial charge in [0.05, 0.1) is 5.69 Å². The third-order valence-electron chi connectivity index (χ3n) is 6.20. The van der Waals surface area contributed by atoms with E-state index in [1.54, 1.807) is 0 Å². The van der Waals surface area contributed by atoms with E-state index in [2.05, 4.69) is 19.9 Å². The zero-order chi connectivity index (χ0) is 19.1. The van der Waals surface area contributed by atoms with Gasteiger partial charge in [-0.1, -0.05) is 0 Å². The van der Waals surface area contributed by atoms with E-state index in [-0.39, 0.29) is 5.82 Å². The third-order valence-corrected chi connectivity index (χ3v) is 6.20. The summed E-state index contributed by atoms with van der Waals surface area (Å²) in [5, 5.41) is 0. The summed E-state index contributed by atoms with van der Waals surface area (Å²) in [6.45, 7) is 2.79. The molecule has 0 aromatic carbocycles. The Morgan fingerprint density at radius 3 is 2.50 bits per heavy atom. The molecular weight excluding hydrogens is 355 g/mol. The fourth-order valence-electron chi connectivity index (χ4n) is 4.18. The van der Waals surface area contributed by atoms with E-state index in [1.165, 1.54) is 19.2 Å². The molecule has 2 aromatic heterocycles. The summed E-state index contributed by atoms with van der Waals surface area (Å²) in [4.78, 5) is 21.9. The van der Waals surface area contributed by atoms with E-state index in [0.29, 0.717) is 29.3 Å². The van der Waals surface area contributed by atoms with E-state index in [4.69, 9.17) is 4.98 Å². The van der Waals surface area contributed by atoms with Crippen molar-refractivity contribution in [2.75, 3.05) is 36.5 Å². The predicted octanol–water partition coefficient (Wildman–Crippen LogP) is 3.51. The molecule has 3 aliphatic rings. The summed E-state index contributed by atoms with van der Waals surface area (Å²) >= 11 is 0. The second kappa shape index (κ2) is 7.26. The molecule has 2 aliphatic carbocycles. The maximum atomic E-state index is 14.8. The Hall–Kier alpha value is -2.31. The van der Waals surface area contributed by atoms with Crippen LogP contribution >= 0.6 is 0 Å². The summed E-state index contributed by atoms with van der Waals surface area (Å²) in [5.41, 5.74) is 0.599. The van der Waals surface area contributed by atoms with E-state index in [0.717, 1.165) is 57.0 Å². The van der Waals surface area contributed by atoms with Crippen LogP contribution in [0.4, 0.5) is 16.0 Å². The van der Waals surface area contributed by atoms with Crippen LogP contribution in [0.1, 0.15) is 61.9 Å². The Morgan fingerprint density at radius 2 is 1.79 bits per heavy atom. The van der Waals surface area contributed by atoms with Crippen LogP contribution in [0.5, 0.6) is 0 Å². The molecule has 7 heteroatoms. The number of halogens is 1. The summed E-state index contributed by atoms with van der Waals surface area (Å²) in [7, 11) is 1.95. The molecule has 5 rings (SSSR count). The quantitative estimate of drug-likeness (QED) is 0.762. The molecule has 1 aliphatic heterocycles. The van der Waals surface area contributed by atoms with E-state index in [9.17, 15) is 4.39 Å². The van der Waals surface area contributed by atoms with Gasteiger partial charge in [-0.05, 0) is 50.5 Å². The molecule has 1 saturated heterocycles. The van der Waals surface area contributed by atoms with Crippen molar-refractivity contribution in [2.45, 2.75) is 50.4 Å². The van der Waals surface area contributed by atoms with Gasteiger partial charge in [0.25, 0.3) is 0 Å². The number of rotatable bonds is 6. The van der Waals surface area contributed by atoms with Gasteiger partial charge in [-0.3, -0.25) is 0 Å². The van der Waals surface area contributed by atoms with Gasteiger partial charge in [0.1, 0.15) is 18.0 Å². The number of hydrogen-bond donors (Lipinski definition) is 0. The van der Waals surface area contributed by atoms with Crippen molar-refractivity contribution in [3.63, 3.8) is 0 Å². The molecule has 0 spiro atoms. The molecule has 2 aromatic rings. The molecule has 0 unspecified atom stereocenters. The summed E-state index contributed by atoms with van der Waals surface area (Å²) in [5.74, 6) is 3.69. The molecule has 0 radical (unpaired) electrons. The van der Waals surface area contributed by atoms with Gasteiger partial charge in [0.15, 0.2) is 11.6 Å². The molecule has 0 atom stereocenters. The molecule has 148 valence electrons. The number of anilines is 2. The van der Waals surface area contributed by atoms with Crippen molar-refractivity contribution in [1.82, 2.24) is 19.9 Å². The van der Waals surface area contributed by atoms with Crippen LogP contribution in [-0.2, 0) is 0 Å². The number of hydrogen-bond acceptors (Lipinski definition) is 6. The van der Waals surface area contributed by atoms with Gasteiger partial charge in [-0.25, -0.2) is 24.3 Å². The molecule has 3 fully saturated rings. The maximum absolute atomic E-state index is 14.8. The summed E-state index contributed by atoms with van der Waals surface area (Å²) in [6.07, 6.45) is 10.1. The standard InChI is InChI=1S/C21H27FN6/c1-27(21-18(22)19(15-2-3-15)24-13-25-21)12-14-7-10-28(11-8-14)17-6-9-23-20(26-17)16-4-5-16/h6,9,13-16H,2-5,7-8,10-12H2,1H3. The molecule has 3 heterocycles. The normalized spacial score (nSPS) is 20.4. The van der Waals surface area contributed by atoms with Crippen LogP contribution in [0.15, 0.2) is 18.6 Å². The number of nitrogens with zero attached hydrogens (tertiary/aromatic N) is 6. The minimum atomic E-state index is -0.224. The Labute approximate surface area is 165 Å². The molecule has 0 bridgehead atoms. The fraction of sp³-hybridized carbons (Fsp3) is 0.619. The molecule has 28 heavy (non-hydrogen) atoms. The molecular formula is C21H27FN6.